The molecule has 0 aromatic heterocycles. The molecule has 72 valence electrons. The summed E-state index contributed by atoms with van der Waals surface area (Å²) in [6.45, 7) is 9.22. The van der Waals surface area contributed by atoms with E-state index in [4.69, 9.17) is 0 Å². The van der Waals surface area contributed by atoms with Crippen molar-refractivity contribution in [2.75, 3.05) is 0 Å². The van der Waals surface area contributed by atoms with Gasteiger partial charge in [-0.05, 0) is 12.0 Å². The van der Waals surface area contributed by atoms with Crippen LogP contribution in [0.5, 0.6) is 0 Å². The summed E-state index contributed by atoms with van der Waals surface area (Å²) in [4.78, 5) is 0. The van der Waals surface area contributed by atoms with Crippen molar-refractivity contribution in [3.8, 4) is 0 Å². The molecule has 0 radical (unpaired) electrons. The molecule has 0 nitrogen and oxygen atoms in total. The van der Waals surface area contributed by atoms with Gasteiger partial charge in [0.05, 0.1) is 9.52 Å². The molecule has 0 saturated heterocycles. The highest BCUT2D eigenvalue weighted by molar-refractivity contribution is 6.56. The van der Waals surface area contributed by atoms with Crippen molar-refractivity contribution in [2.45, 2.75) is 39.2 Å². The molecular weight excluding hydrogens is 172 g/mol. The van der Waals surface area contributed by atoms with Crippen LogP contribution in [0.15, 0.2) is 24.3 Å². The Kier molecular flexibility index (Phi) is 3.31. The summed E-state index contributed by atoms with van der Waals surface area (Å²) in [5.74, 6) is 0. The fourth-order valence-corrected chi connectivity index (χ4v) is 3.21. The van der Waals surface area contributed by atoms with E-state index in [0.29, 0.717) is 5.04 Å². The quantitative estimate of drug-likeness (QED) is 0.645. The van der Waals surface area contributed by atoms with E-state index in [2.05, 4.69) is 52.0 Å². The standard InChI is InChI=1S/C12H20Si/c1-5-12(3,4)13-11-8-6-10(2)7-9-11/h6-9H,5,13H2,1-4H3. The third-order valence-electron chi connectivity index (χ3n) is 2.76. The van der Waals surface area contributed by atoms with Crippen molar-refractivity contribution in [2.24, 2.45) is 0 Å². The third-order valence-corrected chi connectivity index (χ3v) is 5.10. The average Bonchev–Trinajstić information content (AvgIpc) is 2.09. The Bertz CT molecular complexity index is 259. The summed E-state index contributed by atoms with van der Waals surface area (Å²) in [6.07, 6.45) is 1.30. The van der Waals surface area contributed by atoms with Crippen LogP contribution in [0.3, 0.4) is 0 Å². The van der Waals surface area contributed by atoms with Gasteiger partial charge in [0.2, 0.25) is 0 Å². The van der Waals surface area contributed by atoms with Gasteiger partial charge in [-0.25, -0.2) is 0 Å². The van der Waals surface area contributed by atoms with Crippen molar-refractivity contribution in [1.82, 2.24) is 0 Å². The second-order valence-electron chi connectivity index (χ2n) is 4.68. The molecule has 0 amide bonds. The van der Waals surface area contributed by atoms with Gasteiger partial charge in [-0.3, -0.25) is 0 Å². The Labute approximate surface area is 84.2 Å². The van der Waals surface area contributed by atoms with Gasteiger partial charge in [-0.15, -0.1) is 0 Å². The van der Waals surface area contributed by atoms with Gasteiger partial charge in [0.25, 0.3) is 0 Å². The van der Waals surface area contributed by atoms with E-state index < -0.39 is 0 Å². The molecule has 1 rings (SSSR count). The van der Waals surface area contributed by atoms with Crippen LogP contribution in [0.25, 0.3) is 0 Å². The largest absolute Gasteiger partial charge is 0.0664 e. The number of hydrogen-bond acceptors (Lipinski definition) is 0. The highest BCUT2D eigenvalue weighted by Crippen LogP contribution is 2.25. The number of aryl methyl sites for hydroxylation is 1. The lowest BCUT2D eigenvalue weighted by atomic mass is 10.1. The van der Waals surface area contributed by atoms with E-state index in [0.717, 1.165) is 0 Å². The average molecular weight is 192 g/mol. The third kappa shape index (κ3) is 3.35. The van der Waals surface area contributed by atoms with Gasteiger partial charge in [0, 0.05) is 0 Å². The predicted octanol–water partition coefficient (Wildman–Crippen LogP) is 2.40. The van der Waals surface area contributed by atoms with Crippen LogP contribution >= 0.6 is 0 Å². The van der Waals surface area contributed by atoms with Crippen molar-refractivity contribution in [1.29, 1.82) is 0 Å². The smallest absolute Gasteiger partial charge is 0.0603 e. The maximum atomic E-state index is 2.39. The lowest BCUT2D eigenvalue weighted by molar-refractivity contribution is 0.648. The van der Waals surface area contributed by atoms with Crippen molar-refractivity contribution in [3.63, 3.8) is 0 Å². The first-order chi connectivity index (χ1) is 6.03. The second kappa shape index (κ2) is 4.10. The van der Waals surface area contributed by atoms with E-state index >= 15 is 0 Å². The first-order valence-electron chi connectivity index (χ1n) is 5.09. The highest BCUT2D eigenvalue weighted by Gasteiger charge is 2.15. The highest BCUT2D eigenvalue weighted by atomic mass is 28.2. The zero-order chi connectivity index (χ0) is 9.90. The molecule has 0 heterocycles. The molecule has 0 aliphatic carbocycles. The molecule has 0 N–H and O–H groups in total. The fraction of sp³-hybridized carbons (Fsp3) is 0.500. The molecule has 0 fully saturated rings. The summed E-state index contributed by atoms with van der Waals surface area (Å²) >= 11 is 0. The van der Waals surface area contributed by atoms with Gasteiger partial charge >= 0.3 is 0 Å². The predicted molar refractivity (Wildman–Crippen MR) is 63.7 cm³/mol. The Hall–Kier alpha value is -0.563. The first-order valence-corrected chi connectivity index (χ1v) is 6.50. The fourth-order valence-electron chi connectivity index (χ4n) is 1.38. The molecule has 1 aromatic rings. The summed E-state index contributed by atoms with van der Waals surface area (Å²) < 4.78 is 0. The van der Waals surface area contributed by atoms with Crippen LogP contribution in [0, 0.1) is 6.92 Å². The molecule has 0 atom stereocenters. The van der Waals surface area contributed by atoms with Crippen LogP contribution in [-0.2, 0) is 0 Å². The maximum absolute atomic E-state index is 2.39. The zero-order valence-electron chi connectivity index (χ0n) is 9.22. The lowest BCUT2D eigenvalue weighted by Crippen LogP contribution is -2.24. The summed E-state index contributed by atoms with van der Waals surface area (Å²) in [5.41, 5.74) is 1.37. The first kappa shape index (κ1) is 10.5. The van der Waals surface area contributed by atoms with E-state index in [9.17, 15) is 0 Å². The van der Waals surface area contributed by atoms with Gasteiger partial charge in [0.15, 0.2) is 0 Å². The van der Waals surface area contributed by atoms with E-state index in [1.54, 1.807) is 5.19 Å². The molecule has 1 heteroatoms. The van der Waals surface area contributed by atoms with Gasteiger partial charge in [-0.2, -0.15) is 0 Å². The minimum absolute atomic E-state index is 0.0995. The van der Waals surface area contributed by atoms with E-state index in [1.165, 1.54) is 12.0 Å². The Morgan fingerprint density at radius 1 is 1.15 bits per heavy atom. The number of hydrogen-bond donors (Lipinski definition) is 0. The second-order valence-corrected chi connectivity index (χ2v) is 7.76. The summed E-state index contributed by atoms with van der Waals surface area (Å²) in [7, 11) is -0.0995. The SMILES string of the molecule is CCC(C)(C)[SiH2]c1ccc(C)cc1. The van der Waals surface area contributed by atoms with E-state index in [-0.39, 0.29) is 9.52 Å². The Morgan fingerprint density at radius 3 is 2.15 bits per heavy atom. The van der Waals surface area contributed by atoms with Crippen LogP contribution in [0.1, 0.15) is 32.8 Å². The number of rotatable bonds is 3. The zero-order valence-corrected chi connectivity index (χ0v) is 10.6. The number of benzene rings is 1. The summed E-state index contributed by atoms with van der Waals surface area (Å²) in [5, 5.41) is 2.17. The van der Waals surface area contributed by atoms with Crippen LogP contribution in [-0.4, -0.2) is 9.52 Å². The van der Waals surface area contributed by atoms with Gasteiger partial charge < -0.3 is 0 Å². The Morgan fingerprint density at radius 2 is 1.69 bits per heavy atom. The van der Waals surface area contributed by atoms with Crippen molar-refractivity contribution < 1.29 is 0 Å². The minimum atomic E-state index is -0.0995. The van der Waals surface area contributed by atoms with Crippen LogP contribution in [0.2, 0.25) is 5.04 Å². The minimum Gasteiger partial charge on any atom is -0.0664 e. The molecular formula is C12H20Si. The molecule has 0 aliphatic rings. The van der Waals surface area contributed by atoms with Crippen molar-refractivity contribution >= 4 is 14.7 Å². The van der Waals surface area contributed by atoms with Crippen LogP contribution in [0.4, 0.5) is 0 Å². The van der Waals surface area contributed by atoms with Crippen LogP contribution < -0.4 is 5.19 Å². The topological polar surface area (TPSA) is 0 Å². The monoisotopic (exact) mass is 192 g/mol. The maximum Gasteiger partial charge on any atom is 0.0603 e. The van der Waals surface area contributed by atoms with Gasteiger partial charge in [-0.1, -0.05) is 62.2 Å². The molecule has 0 spiro atoms. The van der Waals surface area contributed by atoms with Gasteiger partial charge in [0.1, 0.15) is 0 Å². The molecule has 0 saturated carbocycles. The lowest BCUT2D eigenvalue weighted by Gasteiger charge is -2.21. The molecule has 13 heavy (non-hydrogen) atoms. The molecule has 0 bridgehead atoms. The molecule has 1 aromatic carbocycles. The normalized spacial score (nSPS) is 12.6. The molecule has 0 aliphatic heterocycles. The summed E-state index contributed by atoms with van der Waals surface area (Å²) in [6, 6.07) is 9.07. The van der Waals surface area contributed by atoms with E-state index in [1.807, 2.05) is 0 Å². The van der Waals surface area contributed by atoms with Crippen molar-refractivity contribution in [3.05, 3.63) is 29.8 Å². The molecule has 0 unspecified atom stereocenters. The Balaban J connectivity index is 2.69.